The van der Waals surface area contributed by atoms with Crippen molar-refractivity contribution in [3.8, 4) is 11.7 Å². The number of carbonyl (C=O) groups is 1. The van der Waals surface area contributed by atoms with Gasteiger partial charge in [-0.3, -0.25) is 4.79 Å². The van der Waals surface area contributed by atoms with Crippen molar-refractivity contribution in [3.63, 3.8) is 0 Å². The molecule has 0 saturated heterocycles. The number of benzene rings is 1. The zero-order valence-corrected chi connectivity index (χ0v) is 15.8. The van der Waals surface area contributed by atoms with E-state index in [1.54, 1.807) is 16.8 Å². The van der Waals surface area contributed by atoms with Gasteiger partial charge in [0, 0.05) is 28.4 Å². The Bertz CT molecular complexity index is 984. The van der Waals surface area contributed by atoms with E-state index in [4.69, 9.17) is 4.74 Å². The van der Waals surface area contributed by atoms with Gasteiger partial charge in [0.15, 0.2) is 5.82 Å². The first kappa shape index (κ1) is 16.7. The Labute approximate surface area is 158 Å². The predicted octanol–water partition coefficient (Wildman–Crippen LogP) is 3.22. The molecule has 0 fully saturated rings. The number of aromatic nitrogens is 4. The average Bonchev–Trinajstić information content (AvgIpc) is 2.97. The largest absolute Gasteiger partial charge is 0.480 e. The number of ether oxygens (including phenoxy) is 1. The summed E-state index contributed by atoms with van der Waals surface area (Å²) >= 11 is 3.51. The highest BCUT2D eigenvalue weighted by molar-refractivity contribution is 9.10. The molecule has 26 heavy (non-hydrogen) atoms. The summed E-state index contributed by atoms with van der Waals surface area (Å²) < 4.78 is 7.65. The van der Waals surface area contributed by atoms with Gasteiger partial charge >= 0.3 is 0 Å². The summed E-state index contributed by atoms with van der Waals surface area (Å²) in [6.07, 6.45) is 0.379. The van der Waals surface area contributed by atoms with Crippen LogP contribution in [0, 0.1) is 6.92 Å². The molecule has 2 aromatic heterocycles. The van der Waals surface area contributed by atoms with Crippen molar-refractivity contribution in [2.24, 2.45) is 0 Å². The zero-order valence-electron chi connectivity index (χ0n) is 14.2. The van der Waals surface area contributed by atoms with Crippen molar-refractivity contribution in [2.45, 2.75) is 19.3 Å². The summed E-state index contributed by atoms with van der Waals surface area (Å²) in [5, 5.41) is 15.7. The van der Waals surface area contributed by atoms with E-state index in [0.717, 1.165) is 21.3 Å². The van der Waals surface area contributed by atoms with Crippen LogP contribution in [0.25, 0.3) is 5.82 Å². The molecule has 3 aromatic rings. The molecule has 1 N–H and O–H groups in total. The van der Waals surface area contributed by atoms with Crippen LogP contribution in [0.4, 0.5) is 5.82 Å². The number of aryl methyl sites for hydroxylation is 1. The van der Waals surface area contributed by atoms with Gasteiger partial charge in [-0.1, -0.05) is 28.1 Å². The highest BCUT2D eigenvalue weighted by Crippen LogP contribution is 2.40. The van der Waals surface area contributed by atoms with Gasteiger partial charge in [-0.05, 0) is 30.7 Å². The molecule has 1 aliphatic rings. The monoisotopic (exact) mass is 413 g/mol. The smallest absolute Gasteiger partial charge is 0.233 e. The maximum atomic E-state index is 12.4. The van der Waals surface area contributed by atoms with E-state index in [-0.39, 0.29) is 11.8 Å². The third kappa shape index (κ3) is 2.86. The van der Waals surface area contributed by atoms with Gasteiger partial charge in [0.05, 0.1) is 12.8 Å². The van der Waals surface area contributed by atoms with Gasteiger partial charge in [-0.15, -0.1) is 10.2 Å². The van der Waals surface area contributed by atoms with E-state index >= 15 is 0 Å². The third-order valence-corrected chi connectivity index (χ3v) is 4.90. The first-order valence-corrected chi connectivity index (χ1v) is 8.89. The average molecular weight is 414 g/mol. The number of carbonyl (C=O) groups excluding carboxylic acids is 1. The van der Waals surface area contributed by atoms with E-state index < -0.39 is 0 Å². The Kier molecular flexibility index (Phi) is 4.20. The Morgan fingerprint density at radius 2 is 2.12 bits per heavy atom. The van der Waals surface area contributed by atoms with Crippen molar-refractivity contribution in [1.82, 2.24) is 20.0 Å². The lowest BCUT2D eigenvalue weighted by molar-refractivity contribution is -0.116. The number of nitrogens with zero attached hydrogens (tertiary/aromatic N) is 4. The molecule has 132 valence electrons. The van der Waals surface area contributed by atoms with Gasteiger partial charge in [-0.25, -0.2) is 0 Å². The molecular formula is C18H16BrN5O2. The topological polar surface area (TPSA) is 81.9 Å². The molecule has 0 spiro atoms. The number of nitrogens with one attached hydrogen (secondary N) is 1. The number of amides is 1. The van der Waals surface area contributed by atoms with E-state index in [1.165, 1.54) is 7.11 Å². The Balaban J connectivity index is 1.84. The first-order chi connectivity index (χ1) is 12.6. The fourth-order valence-corrected chi connectivity index (χ4v) is 3.67. The van der Waals surface area contributed by atoms with Gasteiger partial charge in [0.25, 0.3) is 0 Å². The van der Waals surface area contributed by atoms with Crippen LogP contribution in [0.1, 0.15) is 29.2 Å². The van der Waals surface area contributed by atoms with E-state index in [0.29, 0.717) is 23.9 Å². The van der Waals surface area contributed by atoms with Crippen LogP contribution in [0.2, 0.25) is 0 Å². The molecule has 0 unspecified atom stereocenters. The molecule has 8 heteroatoms. The van der Waals surface area contributed by atoms with Crippen LogP contribution in [0.3, 0.4) is 0 Å². The number of hydrogen-bond acceptors (Lipinski definition) is 5. The van der Waals surface area contributed by atoms with Crippen LogP contribution in [0.5, 0.6) is 5.88 Å². The SMILES string of the molecule is COc1ccc(-n2nc(C)c3c2NC(=O)C[C@H]3c2cccc(Br)c2)nn1. The van der Waals surface area contributed by atoms with Crippen LogP contribution in [-0.4, -0.2) is 33.0 Å². The summed E-state index contributed by atoms with van der Waals surface area (Å²) in [5.74, 6) is 1.47. The summed E-state index contributed by atoms with van der Waals surface area (Å²) in [7, 11) is 1.53. The van der Waals surface area contributed by atoms with Crippen LogP contribution in [0.15, 0.2) is 40.9 Å². The lowest BCUT2D eigenvalue weighted by atomic mass is 9.86. The highest BCUT2D eigenvalue weighted by Gasteiger charge is 2.33. The van der Waals surface area contributed by atoms with Crippen molar-refractivity contribution in [1.29, 1.82) is 0 Å². The molecule has 7 nitrogen and oxygen atoms in total. The van der Waals surface area contributed by atoms with E-state index in [2.05, 4.69) is 36.5 Å². The molecule has 0 saturated carbocycles. The summed E-state index contributed by atoms with van der Waals surface area (Å²) in [6.45, 7) is 1.94. The maximum absolute atomic E-state index is 12.4. The fraction of sp³-hybridized carbons (Fsp3) is 0.222. The van der Waals surface area contributed by atoms with Gasteiger partial charge in [-0.2, -0.15) is 9.78 Å². The predicted molar refractivity (Wildman–Crippen MR) is 99.7 cm³/mol. The number of halogens is 1. The number of hydrogen-bond donors (Lipinski definition) is 1. The second kappa shape index (κ2) is 6.53. The van der Waals surface area contributed by atoms with Crippen molar-refractivity contribution >= 4 is 27.7 Å². The van der Waals surface area contributed by atoms with E-state index in [1.807, 2.05) is 31.2 Å². The Hall–Kier alpha value is -2.74. The second-order valence-corrected chi connectivity index (χ2v) is 6.97. The molecule has 3 heterocycles. The lowest BCUT2D eigenvalue weighted by Crippen LogP contribution is -2.25. The molecule has 0 aliphatic carbocycles. The normalized spacial score (nSPS) is 16.1. The number of anilines is 1. The quantitative estimate of drug-likeness (QED) is 0.712. The zero-order chi connectivity index (χ0) is 18.3. The maximum Gasteiger partial charge on any atom is 0.233 e. The molecule has 0 bridgehead atoms. The van der Waals surface area contributed by atoms with Crippen molar-refractivity contribution in [3.05, 3.63) is 57.7 Å². The van der Waals surface area contributed by atoms with Gasteiger partial charge in [0.2, 0.25) is 11.8 Å². The minimum absolute atomic E-state index is 0.0508. The minimum Gasteiger partial charge on any atom is -0.480 e. The summed E-state index contributed by atoms with van der Waals surface area (Å²) in [5.41, 5.74) is 2.92. The van der Waals surface area contributed by atoms with Gasteiger partial charge in [0.1, 0.15) is 5.82 Å². The standard InChI is InChI=1S/C18H16BrN5O2/c1-10-17-13(11-4-3-5-12(19)8-11)9-15(25)20-18(17)24(23-10)14-6-7-16(26-2)22-21-14/h3-8,13H,9H2,1-2H3,(H,20,25)/t13-/m0/s1. The fourth-order valence-electron chi connectivity index (χ4n) is 3.26. The van der Waals surface area contributed by atoms with Crippen LogP contribution >= 0.6 is 15.9 Å². The molecule has 0 radical (unpaired) electrons. The number of fused-ring (bicyclic) bond motifs is 1. The molecular weight excluding hydrogens is 398 g/mol. The summed E-state index contributed by atoms with van der Waals surface area (Å²) in [4.78, 5) is 12.4. The minimum atomic E-state index is -0.0591. The van der Waals surface area contributed by atoms with E-state index in [9.17, 15) is 4.79 Å². The second-order valence-electron chi connectivity index (χ2n) is 6.05. The van der Waals surface area contributed by atoms with Crippen molar-refractivity contribution in [2.75, 3.05) is 12.4 Å². The number of methoxy groups -OCH3 is 1. The van der Waals surface area contributed by atoms with Crippen LogP contribution < -0.4 is 10.1 Å². The van der Waals surface area contributed by atoms with Gasteiger partial charge < -0.3 is 10.1 Å². The third-order valence-electron chi connectivity index (χ3n) is 4.41. The highest BCUT2D eigenvalue weighted by atomic mass is 79.9. The molecule has 4 rings (SSSR count). The van der Waals surface area contributed by atoms with Crippen LogP contribution in [-0.2, 0) is 4.79 Å². The van der Waals surface area contributed by atoms with Crippen molar-refractivity contribution < 1.29 is 9.53 Å². The molecule has 1 amide bonds. The Morgan fingerprint density at radius 3 is 2.81 bits per heavy atom. The lowest BCUT2D eigenvalue weighted by Gasteiger charge is -2.24. The summed E-state index contributed by atoms with van der Waals surface area (Å²) in [6, 6.07) is 11.5. The Morgan fingerprint density at radius 1 is 1.27 bits per heavy atom. The number of rotatable bonds is 3. The molecule has 1 aliphatic heterocycles. The first-order valence-electron chi connectivity index (χ1n) is 8.09. The molecule has 1 atom stereocenters. The molecule has 1 aromatic carbocycles.